The predicted octanol–water partition coefficient (Wildman–Crippen LogP) is 9.69. The van der Waals surface area contributed by atoms with Crippen molar-refractivity contribution in [3.63, 3.8) is 0 Å². The Morgan fingerprint density at radius 1 is 1.00 bits per heavy atom. The molecule has 0 N–H and O–H groups in total. The summed E-state index contributed by atoms with van der Waals surface area (Å²) in [6.07, 6.45) is 22.4. The lowest BCUT2D eigenvalue weighted by Crippen LogP contribution is -2.51. The Balaban J connectivity index is 1.09. The molecule has 3 saturated carbocycles. The van der Waals surface area contributed by atoms with Gasteiger partial charge in [0.25, 0.3) is 0 Å². The van der Waals surface area contributed by atoms with Crippen LogP contribution >= 0.6 is 0 Å². The fourth-order valence-electron chi connectivity index (χ4n) is 11.7. The minimum atomic E-state index is -0.587. The Morgan fingerprint density at radius 3 is 2.47 bits per heavy atom. The highest BCUT2D eigenvalue weighted by atomic mass is 16.5. The van der Waals surface area contributed by atoms with Crippen LogP contribution < -0.4 is 4.57 Å². The van der Waals surface area contributed by atoms with Crippen molar-refractivity contribution in [1.29, 1.82) is 0 Å². The molecular formula is C42H64N2O3+. The Hall–Kier alpha value is -1.98. The molecule has 259 valence electrons. The average molecular weight is 645 g/mol. The van der Waals surface area contributed by atoms with Gasteiger partial charge in [-0.15, -0.1) is 10.3 Å². The Labute approximate surface area is 286 Å². The number of carbonyl (C=O) groups excluding carboxylic acids is 1. The maximum absolute atomic E-state index is 13.5. The van der Waals surface area contributed by atoms with E-state index in [0.29, 0.717) is 17.5 Å². The maximum atomic E-state index is 13.5. The zero-order chi connectivity index (χ0) is 33.9. The van der Waals surface area contributed by atoms with Crippen LogP contribution in [0, 0.1) is 46.3 Å². The molecule has 47 heavy (non-hydrogen) atoms. The lowest BCUT2D eigenvalue weighted by molar-refractivity contribution is -0.690. The number of aromatic nitrogens is 1. The summed E-state index contributed by atoms with van der Waals surface area (Å²) in [4.78, 5) is 13.5. The lowest BCUT2D eigenvalue weighted by atomic mass is 9.47. The molecule has 1 aliphatic heterocycles. The van der Waals surface area contributed by atoms with Crippen molar-refractivity contribution in [2.45, 2.75) is 157 Å². The Bertz CT molecular complexity index is 1390. The molecule has 1 unspecified atom stereocenters. The van der Waals surface area contributed by atoms with E-state index in [2.05, 4.69) is 46.8 Å². The first-order valence-electron chi connectivity index (χ1n) is 19.2. The van der Waals surface area contributed by atoms with Gasteiger partial charge in [-0.3, -0.25) is 0 Å². The van der Waals surface area contributed by atoms with Crippen molar-refractivity contribution in [1.82, 2.24) is 5.06 Å². The molecule has 8 atom stereocenters. The zero-order valence-electron chi connectivity index (χ0n) is 31.1. The van der Waals surface area contributed by atoms with Crippen molar-refractivity contribution in [2.75, 3.05) is 0 Å². The second kappa shape index (κ2) is 12.7. The summed E-state index contributed by atoms with van der Waals surface area (Å²) in [7, 11) is 0. The van der Waals surface area contributed by atoms with Crippen molar-refractivity contribution >= 4 is 5.97 Å². The van der Waals surface area contributed by atoms with Crippen molar-refractivity contribution in [3.05, 3.63) is 53.4 Å². The number of hydroxylamine groups is 2. The van der Waals surface area contributed by atoms with E-state index in [1.165, 1.54) is 56.4 Å². The highest BCUT2D eigenvalue weighted by Crippen LogP contribution is 2.67. The SMILES string of the molecule is CC(C)CCC[C@@H](C)[C@H]1CC[C@H]2[C@@H]3CC=C4CC(OC(=O)c5ccc[n+](CC6=CC(C)(C)N([O])C6(C)C)c5)CC[C@]4(C)[C@H]3CC[C@]12C. The number of pyridine rings is 1. The Morgan fingerprint density at radius 2 is 1.77 bits per heavy atom. The van der Waals surface area contributed by atoms with E-state index in [0.717, 1.165) is 60.3 Å². The van der Waals surface area contributed by atoms with Gasteiger partial charge < -0.3 is 4.74 Å². The second-order valence-corrected chi connectivity index (χ2v) is 18.5. The topological polar surface area (TPSA) is 53.3 Å². The number of nitrogens with zero attached hydrogens (tertiary/aromatic N) is 2. The minimum Gasteiger partial charge on any atom is -0.458 e. The average Bonchev–Trinajstić information content (AvgIpc) is 3.44. The van der Waals surface area contributed by atoms with E-state index < -0.39 is 11.1 Å². The van der Waals surface area contributed by atoms with Crippen LogP contribution in [0.1, 0.15) is 143 Å². The highest BCUT2D eigenvalue weighted by Gasteiger charge is 2.59. The number of carbonyl (C=O) groups is 1. The summed E-state index contributed by atoms with van der Waals surface area (Å²) >= 11 is 0. The van der Waals surface area contributed by atoms with Gasteiger partial charge in [-0.2, -0.15) is 0 Å². The third-order valence-corrected chi connectivity index (χ3v) is 14.3. The predicted molar refractivity (Wildman–Crippen MR) is 188 cm³/mol. The van der Waals surface area contributed by atoms with Crippen LogP contribution in [-0.2, 0) is 16.5 Å². The van der Waals surface area contributed by atoms with Crippen molar-refractivity contribution in [2.24, 2.45) is 46.3 Å². The molecule has 1 aromatic heterocycles. The van der Waals surface area contributed by atoms with Gasteiger partial charge in [0.05, 0.1) is 11.1 Å². The summed E-state index contributed by atoms with van der Waals surface area (Å²) in [6.45, 7) is 21.0. The normalized spacial score (nSPS) is 36.6. The maximum Gasteiger partial charge on any atom is 0.344 e. The third kappa shape index (κ3) is 6.31. The lowest BCUT2D eigenvalue weighted by Gasteiger charge is -2.58. The van der Waals surface area contributed by atoms with Crippen LogP contribution in [0.25, 0.3) is 0 Å². The van der Waals surface area contributed by atoms with Crippen LogP contribution in [0.2, 0.25) is 0 Å². The summed E-state index contributed by atoms with van der Waals surface area (Å²) in [6, 6.07) is 3.77. The van der Waals surface area contributed by atoms with E-state index in [1.807, 2.05) is 56.8 Å². The monoisotopic (exact) mass is 644 g/mol. The third-order valence-electron chi connectivity index (χ3n) is 14.3. The van der Waals surface area contributed by atoms with Crippen molar-refractivity contribution in [3.8, 4) is 0 Å². The minimum absolute atomic E-state index is 0.0604. The molecule has 0 spiro atoms. The van der Waals surface area contributed by atoms with Gasteiger partial charge >= 0.3 is 5.97 Å². The first kappa shape index (κ1) is 34.9. The molecule has 5 nitrogen and oxygen atoms in total. The molecule has 0 aromatic carbocycles. The van der Waals surface area contributed by atoms with Gasteiger partial charge in [0.2, 0.25) is 0 Å². The van der Waals surface area contributed by atoms with Gasteiger partial charge in [-0.05, 0) is 125 Å². The molecule has 1 aromatic rings. The summed E-state index contributed by atoms with van der Waals surface area (Å²) < 4.78 is 8.24. The van der Waals surface area contributed by atoms with Crippen LogP contribution in [0.4, 0.5) is 0 Å². The van der Waals surface area contributed by atoms with Crippen LogP contribution in [0.3, 0.4) is 0 Å². The van der Waals surface area contributed by atoms with Crippen LogP contribution in [0.15, 0.2) is 47.8 Å². The molecule has 3 fully saturated rings. The van der Waals surface area contributed by atoms with Crippen molar-refractivity contribution < 1.29 is 19.3 Å². The number of rotatable bonds is 9. The molecule has 0 saturated heterocycles. The first-order valence-corrected chi connectivity index (χ1v) is 19.2. The van der Waals surface area contributed by atoms with E-state index >= 15 is 0 Å². The van der Waals surface area contributed by atoms with E-state index in [1.54, 1.807) is 5.57 Å². The van der Waals surface area contributed by atoms with Gasteiger partial charge in [0.15, 0.2) is 18.9 Å². The smallest absolute Gasteiger partial charge is 0.344 e. The second-order valence-electron chi connectivity index (χ2n) is 18.5. The molecule has 4 aliphatic carbocycles. The van der Waals surface area contributed by atoms with Gasteiger partial charge in [0, 0.05) is 18.1 Å². The van der Waals surface area contributed by atoms with E-state index in [4.69, 9.17) is 4.74 Å². The number of hydrogen-bond acceptors (Lipinski definition) is 3. The molecular weight excluding hydrogens is 580 g/mol. The zero-order valence-corrected chi connectivity index (χ0v) is 31.1. The molecule has 6 rings (SSSR count). The first-order chi connectivity index (χ1) is 22.1. The quantitative estimate of drug-likeness (QED) is 0.153. The van der Waals surface area contributed by atoms with Crippen LogP contribution in [-0.4, -0.2) is 28.2 Å². The fourth-order valence-corrected chi connectivity index (χ4v) is 11.7. The standard InChI is InChI=1S/C42H64N2O3/c1-28(2)12-10-13-29(3)35-17-18-36-34-16-15-31-24-33(19-21-41(31,8)37(34)20-22-42(35,36)9)47-38(45)30-14-11-23-43(26-30)27-32-25-39(4,5)44(46)40(32,6)7/h11,14-15,23,25-26,28-29,33-37H,10,12-13,16-22,24,27H2,1-9H3/q+1/t29-,33?,34+,35-,36+,37+,41+,42-/m1/s1. The molecule has 5 heteroatoms. The number of ether oxygens (including phenoxy) is 1. The molecule has 1 radical (unpaired) electrons. The highest BCUT2D eigenvalue weighted by molar-refractivity contribution is 5.88. The summed E-state index contributed by atoms with van der Waals surface area (Å²) in [5, 5.41) is 14.1. The number of hydrogen-bond donors (Lipinski definition) is 0. The van der Waals surface area contributed by atoms with Gasteiger partial charge in [0.1, 0.15) is 11.7 Å². The van der Waals surface area contributed by atoms with Gasteiger partial charge in [-0.25, -0.2) is 9.36 Å². The largest absolute Gasteiger partial charge is 0.458 e. The number of fused-ring (bicyclic) bond motifs is 5. The van der Waals surface area contributed by atoms with Crippen LogP contribution in [0.5, 0.6) is 0 Å². The molecule has 0 amide bonds. The van der Waals surface area contributed by atoms with E-state index in [-0.39, 0.29) is 17.5 Å². The van der Waals surface area contributed by atoms with E-state index in [9.17, 15) is 10.0 Å². The number of esters is 1. The Kier molecular flexibility index (Phi) is 9.44. The molecule has 0 bridgehead atoms. The number of allylic oxidation sites excluding steroid dienone is 1. The summed E-state index contributed by atoms with van der Waals surface area (Å²) in [5.41, 5.74) is 2.83. The fraction of sp³-hybridized carbons (Fsp3) is 0.762. The summed E-state index contributed by atoms with van der Waals surface area (Å²) in [5.74, 6) is 4.76. The molecule has 5 aliphatic rings. The molecule has 2 heterocycles. The van der Waals surface area contributed by atoms with Gasteiger partial charge in [-0.1, -0.05) is 71.6 Å².